The zero-order valence-corrected chi connectivity index (χ0v) is 27.7. The van der Waals surface area contributed by atoms with Crippen molar-refractivity contribution in [3.63, 3.8) is 0 Å². The van der Waals surface area contributed by atoms with Crippen LogP contribution in [0.3, 0.4) is 0 Å². The highest BCUT2D eigenvalue weighted by Crippen LogP contribution is 2.38. The van der Waals surface area contributed by atoms with Crippen LogP contribution >= 0.6 is 0 Å². The Bertz CT molecular complexity index is 1240. The molecule has 9 nitrogen and oxygen atoms in total. The molecule has 0 N–H and O–H groups in total. The maximum atomic E-state index is 13.2. The molecule has 2 saturated heterocycles. The summed E-state index contributed by atoms with van der Waals surface area (Å²) < 4.78 is 79.2. The molecular formula is C36H47F3O9. The van der Waals surface area contributed by atoms with Gasteiger partial charge in [-0.3, -0.25) is 4.79 Å². The molecular weight excluding hydrogens is 633 g/mol. The fraction of sp³-hybridized carbons (Fsp3) is 0.639. The molecule has 5 atom stereocenters. The van der Waals surface area contributed by atoms with Crippen LogP contribution < -0.4 is 4.74 Å². The lowest BCUT2D eigenvalue weighted by atomic mass is 9.91. The number of halogens is 3. The predicted molar refractivity (Wildman–Crippen MR) is 168 cm³/mol. The number of allylic oxidation sites excluding steroid dienone is 1. The number of hydrogen-bond donors (Lipinski definition) is 0. The van der Waals surface area contributed by atoms with E-state index in [0.717, 1.165) is 44.2 Å². The third kappa shape index (κ3) is 11.5. The van der Waals surface area contributed by atoms with Gasteiger partial charge in [-0.25, -0.2) is 4.79 Å². The first kappa shape index (κ1) is 37.7. The van der Waals surface area contributed by atoms with Crippen LogP contribution in [-0.2, 0) is 44.2 Å². The number of methoxy groups -OCH3 is 1. The first-order valence-electron chi connectivity index (χ1n) is 16.8. The van der Waals surface area contributed by atoms with Crippen LogP contribution in [0.2, 0.25) is 0 Å². The predicted octanol–water partition coefficient (Wildman–Crippen LogP) is 7.44. The SMILES string of the molecule is COC(=O)C(CC=C=CC[C@H]1[C@@H](OC(C)=O)CC[C@@H]1C=CCCOc1cccc(C(F)(F)F)c1)(OC1CCCCO1)OC1CCCCO1. The average molecular weight is 681 g/mol. The maximum absolute atomic E-state index is 13.2. The monoisotopic (exact) mass is 680 g/mol. The van der Waals surface area contributed by atoms with Gasteiger partial charge in [0, 0.05) is 32.5 Å². The summed E-state index contributed by atoms with van der Waals surface area (Å²) in [4.78, 5) is 25.0. The van der Waals surface area contributed by atoms with E-state index in [4.69, 9.17) is 33.2 Å². The summed E-state index contributed by atoms with van der Waals surface area (Å²) in [6.45, 7) is 2.66. The van der Waals surface area contributed by atoms with E-state index in [1.54, 1.807) is 6.08 Å². The summed E-state index contributed by atoms with van der Waals surface area (Å²) in [5.74, 6) is -2.55. The Hall–Kier alpha value is -3.15. The number of alkyl halides is 3. The fourth-order valence-electron chi connectivity index (χ4n) is 6.24. The van der Waals surface area contributed by atoms with Gasteiger partial charge in [0.05, 0.1) is 19.3 Å². The molecule has 1 aliphatic carbocycles. The summed E-state index contributed by atoms with van der Waals surface area (Å²) in [6, 6.07) is 4.81. The largest absolute Gasteiger partial charge is 0.493 e. The molecule has 266 valence electrons. The van der Waals surface area contributed by atoms with E-state index in [1.165, 1.54) is 26.2 Å². The molecule has 0 amide bonds. The number of benzene rings is 1. The molecule has 0 bridgehead atoms. The van der Waals surface area contributed by atoms with Gasteiger partial charge in [-0.05, 0) is 100 Å². The number of carbonyl (C=O) groups excluding carboxylic acids is 2. The van der Waals surface area contributed by atoms with Crippen LogP contribution in [0.25, 0.3) is 0 Å². The van der Waals surface area contributed by atoms with Gasteiger partial charge >= 0.3 is 18.1 Å². The highest BCUT2D eigenvalue weighted by molar-refractivity contribution is 5.78. The number of esters is 2. The third-order valence-corrected chi connectivity index (χ3v) is 8.64. The Morgan fingerprint density at radius 3 is 2.29 bits per heavy atom. The zero-order chi connectivity index (χ0) is 34.4. The Kier molecular flexibility index (Phi) is 14.6. The molecule has 12 heteroatoms. The summed E-state index contributed by atoms with van der Waals surface area (Å²) in [6.07, 6.45) is 9.04. The first-order chi connectivity index (χ1) is 23.1. The lowest BCUT2D eigenvalue weighted by molar-refractivity contribution is -0.350. The minimum atomic E-state index is -4.43. The van der Waals surface area contributed by atoms with E-state index in [1.807, 2.05) is 12.2 Å². The second-order valence-corrected chi connectivity index (χ2v) is 12.2. The number of hydrogen-bond acceptors (Lipinski definition) is 9. The number of carbonyl (C=O) groups is 2. The topological polar surface area (TPSA) is 98.8 Å². The number of rotatable bonds is 15. The first-order valence-corrected chi connectivity index (χ1v) is 16.8. The van der Waals surface area contributed by atoms with Gasteiger partial charge < -0.3 is 33.2 Å². The van der Waals surface area contributed by atoms with Gasteiger partial charge in [-0.1, -0.05) is 18.2 Å². The normalized spacial score (nSPS) is 25.9. The average Bonchev–Trinajstić information content (AvgIpc) is 3.44. The second-order valence-electron chi connectivity index (χ2n) is 12.2. The van der Waals surface area contributed by atoms with Crippen molar-refractivity contribution < 1.29 is 55.9 Å². The molecule has 4 rings (SSSR count). The van der Waals surface area contributed by atoms with Crippen LogP contribution in [0.5, 0.6) is 5.75 Å². The van der Waals surface area contributed by atoms with Crippen molar-refractivity contribution >= 4 is 11.9 Å². The fourth-order valence-corrected chi connectivity index (χ4v) is 6.24. The standard InChI is InChI=1S/C36H47F3O9/c1-26(40)46-31-20-19-27(13-5-9-22-43-29-15-12-14-28(25-29)36(37,38)39)30(31)16-4-3-8-21-35(34(41)42-2,47-32-17-6-10-23-44-32)48-33-18-7-11-24-45-33/h4-5,8,12-15,25,27,30-33H,6-7,9-11,16-24H2,1-2H3/t3?,27-,30+,31-,32?,33?,35?/m0/s1. The highest BCUT2D eigenvalue weighted by Gasteiger charge is 2.47. The molecule has 3 fully saturated rings. The smallest absolute Gasteiger partial charge is 0.416 e. The van der Waals surface area contributed by atoms with Crippen molar-refractivity contribution in [3.8, 4) is 5.75 Å². The van der Waals surface area contributed by atoms with E-state index in [0.29, 0.717) is 45.3 Å². The van der Waals surface area contributed by atoms with E-state index >= 15 is 0 Å². The Morgan fingerprint density at radius 2 is 1.69 bits per heavy atom. The molecule has 48 heavy (non-hydrogen) atoms. The van der Waals surface area contributed by atoms with E-state index in [-0.39, 0.29) is 42.7 Å². The van der Waals surface area contributed by atoms with Gasteiger partial charge in [0.1, 0.15) is 11.9 Å². The van der Waals surface area contributed by atoms with E-state index in [2.05, 4.69) is 11.8 Å². The lowest BCUT2D eigenvalue weighted by Gasteiger charge is -2.38. The molecule has 1 aromatic rings. The van der Waals surface area contributed by atoms with E-state index in [9.17, 15) is 22.8 Å². The van der Waals surface area contributed by atoms with Crippen molar-refractivity contribution in [1.29, 1.82) is 0 Å². The Morgan fingerprint density at radius 1 is 0.979 bits per heavy atom. The Labute approximate surface area is 280 Å². The molecule has 2 aliphatic heterocycles. The summed E-state index contributed by atoms with van der Waals surface area (Å²) >= 11 is 0. The third-order valence-electron chi connectivity index (χ3n) is 8.64. The van der Waals surface area contributed by atoms with Crippen molar-refractivity contribution in [2.75, 3.05) is 26.9 Å². The molecule has 2 heterocycles. The molecule has 1 saturated carbocycles. The summed E-state index contributed by atoms with van der Waals surface area (Å²) in [5.41, 5.74) is 2.41. The molecule has 3 aliphatic rings. The molecule has 0 radical (unpaired) electrons. The van der Waals surface area contributed by atoms with E-state index < -0.39 is 36.1 Å². The zero-order valence-electron chi connectivity index (χ0n) is 27.7. The van der Waals surface area contributed by atoms with Crippen molar-refractivity contribution in [1.82, 2.24) is 0 Å². The van der Waals surface area contributed by atoms with Gasteiger partial charge in [0.2, 0.25) is 0 Å². The van der Waals surface area contributed by atoms with Gasteiger partial charge in [0.25, 0.3) is 5.79 Å². The van der Waals surface area contributed by atoms with Crippen LogP contribution in [0.4, 0.5) is 13.2 Å². The quantitative estimate of drug-likeness (QED) is 0.0616. The van der Waals surface area contributed by atoms with Crippen LogP contribution in [0, 0.1) is 11.8 Å². The highest BCUT2D eigenvalue weighted by atomic mass is 19.4. The van der Waals surface area contributed by atoms with Gasteiger partial charge in [-0.2, -0.15) is 13.2 Å². The van der Waals surface area contributed by atoms with Crippen LogP contribution in [0.15, 0.2) is 54.3 Å². The summed E-state index contributed by atoms with van der Waals surface area (Å²) in [5, 5.41) is 0. The number of ether oxygens (including phenoxy) is 7. The molecule has 1 aromatic carbocycles. The van der Waals surface area contributed by atoms with Crippen molar-refractivity contribution in [2.45, 2.75) is 108 Å². The Balaban J connectivity index is 1.39. The van der Waals surface area contributed by atoms with Crippen molar-refractivity contribution in [3.05, 3.63) is 59.9 Å². The van der Waals surface area contributed by atoms with Crippen molar-refractivity contribution in [2.24, 2.45) is 11.8 Å². The van der Waals surface area contributed by atoms with Crippen LogP contribution in [-0.4, -0.2) is 63.3 Å². The minimum absolute atomic E-state index is 0.0143. The molecule has 0 aromatic heterocycles. The summed E-state index contributed by atoms with van der Waals surface area (Å²) in [7, 11) is 1.28. The molecule has 2 unspecified atom stereocenters. The van der Waals surface area contributed by atoms with Gasteiger partial charge in [0.15, 0.2) is 12.6 Å². The molecule has 0 spiro atoms. The second kappa shape index (κ2) is 18.6. The van der Waals surface area contributed by atoms with Crippen LogP contribution in [0.1, 0.15) is 83.1 Å². The maximum Gasteiger partial charge on any atom is 0.416 e. The van der Waals surface area contributed by atoms with Gasteiger partial charge in [-0.15, -0.1) is 5.73 Å². The minimum Gasteiger partial charge on any atom is -0.493 e. The lowest BCUT2D eigenvalue weighted by Crippen LogP contribution is -2.51.